The highest BCUT2D eigenvalue weighted by Crippen LogP contribution is 2.60. The lowest BCUT2D eigenvalue weighted by molar-refractivity contribution is 0.207. The maximum atomic E-state index is 14.1. The van der Waals surface area contributed by atoms with Crippen LogP contribution in [0, 0.1) is 0 Å². The van der Waals surface area contributed by atoms with Crippen LogP contribution < -0.4 is 10.6 Å². The van der Waals surface area contributed by atoms with Crippen molar-refractivity contribution in [1.29, 1.82) is 0 Å². The SMILES string of the molecule is O=P(c1ccccc1)(c1ccccc1)N1[C@@H]2C[C@@H](O)C=C[C@@H]21. The molecule has 112 valence electrons. The molecule has 4 rings (SSSR count). The van der Waals surface area contributed by atoms with E-state index < -0.39 is 13.4 Å². The van der Waals surface area contributed by atoms with Gasteiger partial charge < -0.3 is 5.11 Å². The Labute approximate surface area is 130 Å². The average molecular weight is 311 g/mol. The third-order valence-electron chi connectivity index (χ3n) is 4.50. The van der Waals surface area contributed by atoms with Crippen molar-refractivity contribution in [2.24, 2.45) is 0 Å². The fraction of sp³-hybridized carbons (Fsp3) is 0.222. The highest BCUT2D eigenvalue weighted by Gasteiger charge is 2.58. The zero-order valence-electron chi connectivity index (χ0n) is 12.1. The van der Waals surface area contributed by atoms with Crippen LogP contribution in [0.2, 0.25) is 0 Å². The van der Waals surface area contributed by atoms with E-state index in [0.717, 1.165) is 10.6 Å². The van der Waals surface area contributed by atoms with Crippen LogP contribution in [0.1, 0.15) is 6.42 Å². The molecular weight excluding hydrogens is 293 g/mol. The quantitative estimate of drug-likeness (QED) is 0.537. The van der Waals surface area contributed by atoms with Crippen LogP contribution in [0.25, 0.3) is 0 Å². The van der Waals surface area contributed by atoms with Crippen molar-refractivity contribution in [2.75, 3.05) is 0 Å². The van der Waals surface area contributed by atoms with Crippen LogP contribution in [-0.4, -0.2) is 28.0 Å². The highest BCUT2D eigenvalue weighted by atomic mass is 31.2. The van der Waals surface area contributed by atoms with Crippen LogP contribution in [0.3, 0.4) is 0 Å². The van der Waals surface area contributed by atoms with Gasteiger partial charge in [0.1, 0.15) is 0 Å². The van der Waals surface area contributed by atoms with Gasteiger partial charge in [0, 0.05) is 16.7 Å². The minimum Gasteiger partial charge on any atom is -0.389 e. The molecule has 1 unspecified atom stereocenters. The second-order valence-corrected chi connectivity index (χ2v) is 8.52. The van der Waals surface area contributed by atoms with Gasteiger partial charge >= 0.3 is 0 Å². The lowest BCUT2D eigenvalue weighted by atomic mass is 10.1. The second kappa shape index (κ2) is 5.20. The number of nitrogens with zero attached hydrogens (tertiary/aromatic N) is 1. The van der Waals surface area contributed by atoms with Gasteiger partial charge in [-0.05, 0) is 30.7 Å². The maximum absolute atomic E-state index is 14.1. The molecule has 0 saturated carbocycles. The summed E-state index contributed by atoms with van der Waals surface area (Å²) < 4.78 is 16.1. The second-order valence-electron chi connectivity index (χ2n) is 5.87. The molecule has 1 N–H and O–H groups in total. The van der Waals surface area contributed by atoms with Crippen LogP contribution in [0.4, 0.5) is 0 Å². The normalized spacial score (nSPS) is 29.9. The molecule has 0 aromatic heterocycles. The van der Waals surface area contributed by atoms with Crippen molar-refractivity contribution in [1.82, 2.24) is 4.67 Å². The van der Waals surface area contributed by atoms with Gasteiger partial charge in [-0.2, -0.15) is 0 Å². The van der Waals surface area contributed by atoms with E-state index >= 15 is 0 Å². The molecule has 2 aliphatic rings. The van der Waals surface area contributed by atoms with Crippen molar-refractivity contribution in [3.8, 4) is 0 Å². The lowest BCUT2D eigenvalue weighted by Crippen LogP contribution is -2.23. The fourth-order valence-corrected chi connectivity index (χ4v) is 6.57. The molecule has 1 saturated heterocycles. The molecule has 0 radical (unpaired) electrons. The minimum atomic E-state index is -2.85. The monoisotopic (exact) mass is 311 g/mol. The van der Waals surface area contributed by atoms with E-state index in [9.17, 15) is 9.67 Å². The molecule has 2 aromatic carbocycles. The zero-order chi connectivity index (χ0) is 15.2. The topological polar surface area (TPSA) is 40.3 Å². The van der Waals surface area contributed by atoms with Crippen LogP contribution in [-0.2, 0) is 4.57 Å². The third-order valence-corrected chi connectivity index (χ3v) is 7.71. The van der Waals surface area contributed by atoms with Crippen molar-refractivity contribution < 1.29 is 9.67 Å². The number of aliphatic hydroxyl groups excluding tert-OH is 1. The predicted molar refractivity (Wildman–Crippen MR) is 88.9 cm³/mol. The number of aliphatic hydroxyl groups is 1. The highest BCUT2D eigenvalue weighted by molar-refractivity contribution is 7.76. The van der Waals surface area contributed by atoms with Crippen LogP contribution in [0.15, 0.2) is 72.8 Å². The molecule has 1 fully saturated rings. The Kier molecular flexibility index (Phi) is 3.30. The Bertz CT molecular complexity index is 701. The summed E-state index contributed by atoms with van der Waals surface area (Å²) in [6.07, 6.45) is 4.05. The Morgan fingerprint density at radius 3 is 1.95 bits per heavy atom. The molecule has 1 aliphatic heterocycles. The minimum absolute atomic E-state index is 0.172. The predicted octanol–water partition coefficient (Wildman–Crippen LogP) is 2.29. The summed E-state index contributed by atoms with van der Waals surface area (Å²) in [5.74, 6) is 0. The van der Waals surface area contributed by atoms with E-state index in [2.05, 4.69) is 4.67 Å². The largest absolute Gasteiger partial charge is 0.389 e. The first-order valence-electron chi connectivity index (χ1n) is 7.58. The summed E-state index contributed by atoms with van der Waals surface area (Å²) in [5.41, 5.74) is 0. The first-order valence-corrected chi connectivity index (χ1v) is 9.24. The van der Waals surface area contributed by atoms with Crippen molar-refractivity contribution in [2.45, 2.75) is 24.6 Å². The van der Waals surface area contributed by atoms with Gasteiger partial charge in [-0.1, -0.05) is 48.6 Å². The van der Waals surface area contributed by atoms with Gasteiger partial charge in [-0.3, -0.25) is 4.57 Å². The van der Waals surface area contributed by atoms with E-state index in [0.29, 0.717) is 6.42 Å². The molecule has 4 heteroatoms. The molecule has 2 aromatic rings. The Balaban J connectivity index is 1.82. The number of rotatable bonds is 3. The molecule has 0 spiro atoms. The van der Waals surface area contributed by atoms with Gasteiger partial charge in [-0.15, -0.1) is 0 Å². The molecule has 1 heterocycles. The molecule has 4 atom stereocenters. The van der Waals surface area contributed by atoms with Crippen molar-refractivity contribution in [3.05, 3.63) is 72.8 Å². The molecule has 0 bridgehead atoms. The smallest absolute Gasteiger partial charge is 0.208 e. The molecule has 22 heavy (non-hydrogen) atoms. The molecular formula is C18H18NO2P. The van der Waals surface area contributed by atoms with E-state index in [1.54, 1.807) is 0 Å². The summed E-state index contributed by atoms with van der Waals surface area (Å²) in [6.45, 7) is 0. The molecule has 1 aliphatic carbocycles. The average Bonchev–Trinajstić information content (AvgIpc) is 3.29. The number of fused-ring (bicyclic) bond motifs is 1. The van der Waals surface area contributed by atoms with Crippen LogP contribution in [0.5, 0.6) is 0 Å². The van der Waals surface area contributed by atoms with E-state index in [1.165, 1.54) is 0 Å². The summed E-state index contributed by atoms with van der Waals surface area (Å²) >= 11 is 0. The lowest BCUT2D eigenvalue weighted by Gasteiger charge is -2.21. The molecule has 3 nitrogen and oxygen atoms in total. The first-order chi connectivity index (χ1) is 10.7. The van der Waals surface area contributed by atoms with Crippen molar-refractivity contribution in [3.63, 3.8) is 0 Å². The standard InChI is InChI=1S/C18H18NO2P/c20-14-11-12-17-18(13-14)19(17)22(21,15-7-3-1-4-8-15)16-9-5-2-6-10-16/h1-12,14,17-18,20H,13H2/t14-,17-,18+,19?/m0/s1. The number of benzene rings is 2. The summed E-state index contributed by atoms with van der Waals surface area (Å²) in [5, 5.41) is 11.5. The van der Waals surface area contributed by atoms with E-state index in [1.807, 2.05) is 72.8 Å². The maximum Gasteiger partial charge on any atom is 0.208 e. The Hall–Kier alpha value is -1.67. The molecule has 0 amide bonds. The van der Waals surface area contributed by atoms with Gasteiger partial charge in [0.25, 0.3) is 0 Å². The fourth-order valence-electron chi connectivity index (χ4n) is 3.39. The Morgan fingerprint density at radius 2 is 1.45 bits per heavy atom. The first kappa shape index (κ1) is 14.0. The van der Waals surface area contributed by atoms with Gasteiger partial charge in [0.05, 0.1) is 12.1 Å². The van der Waals surface area contributed by atoms with Gasteiger partial charge in [0.15, 0.2) is 0 Å². The zero-order valence-corrected chi connectivity index (χ0v) is 13.0. The Morgan fingerprint density at radius 1 is 0.909 bits per heavy atom. The third kappa shape index (κ3) is 2.09. The number of hydrogen-bond acceptors (Lipinski definition) is 2. The van der Waals surface area contributed by atoms with E-state index in [-0.39, 0.29) is 12.1 Å². The van der Waals surface area contributed by atoms with Crippen LogP contribution >= 0.6 is 7.29 Å². The van der Waals surface area contributed by atoms with Gasteiger partial charge in [0.2, 0.25) is 7.29 Å². The summed E-state index contributed by atoms with van der Waals surface area (Å²) in [6, 6.07) is 19.7. The van der Waals surface area contributed by atoms with E-state index in [4.69, 9.17) is 0 Å². The summed E-state index contributed by atoms with van der Waals surface area (Å²) in [4.78, 5) is 0. The summed E-state index contributed by atoms with van der Waals surface area (Å²) in [7, 11) is -2.85. The van der Waals surface area contributed by atoms with Gasteiger partial charge in [-0.25, -0.2) is 4.67 Å². The number of hydrogen-bond donors (Lipinski definition) is 1. The van der Waals surface area contributed by atoms with Crippen molar-refractivity contribution >= 4 is 17.9 Å².